The van der Waals surface area contributed by atoms with E-state index in [0.717, 1.165) is 17.7 Å². The van der Waals surface area contributed by atoms with E-state index in [0.29, 0.717) is 29.4 Å². The van der Waals surface area contributed by atoms with Crippen LogP contribution in [0, 0.1) is 18.8 Å². The number of nitrogens with one attached hydrogen (secondary N) is 1. The molecule has 0 radical (unpaired) electrons. The van der Waals surface area contributed by atoms with Crippen molar-refractivity contribution in [3.63, 3.8) is 0 Å². The molecule has 0 saturated heterocycles. The van der Waals surface area contributed by atoms with Gasteiger partial charge in [-0.05, 0) is 43.0 Å². The van der Waals surface area contributed by atoms with E-state index in [4.69, 9.17) is 16.3 Å². The molecule has 1 N–H and O–H groups in total. The normalized spacial score (nSPS) is 20.2. The third-order valence-corrected chi connectivity index (χ3v) is 5.74. The summed E-state index contributed by atoms with van der Waals surface area (Å²) >= 11 is 6.11. The van der Waals surface area contributed by atoms with Gasteiger partial charge in [0.1, 0.15) is 5.75 Å². The molecule has 6 heteroatoms. The Balaban J connectivity index is 1.44. The van der Waals surface area contributed by atoms with Crippen molar-refractivity contribution >= 4 is 34.8 Å². The lowest BCUT2D eigenvalue weighted by atomic mass is 10.2. The molecule has 140 valence electrons. The summed E-state index contributed by atoms with van der Waals surface area (Å²) in [4.78, 5) is 27.3. The number of halogens is 1. The predicted molar refractivity (Wildman–Crippen MR) is 105 cm³/mol. The van der Waals surface area contributed by atoms with Crippen LogP contribution >= 0.6 is 11.6 Å². The maximum atomic E-state index is 12.9. The van der Waals surface area contributed by atoms with Crippen LogP contribution in [0.3, 0.4) is 0 Å². The second-order valence-corrected chi connectivity index (χ2v) is 7.52. The van der Waals surface area contributed by atoms with Crippen molar-refractivity contribution in [3.8, 4) is 5.75 Å². The quantitative estimate of drug-likeness (QED) is 0.871. The summed E-state index contributed by atoms with van der Waals surface area (Å²) in [5.74, 6) is -0.155. The number of anilines is 2. The minimum Gasteiger partial charge on any atom is -0.495 e. The molecule has 0 aromatic heterocycles. The largest absolute Gasteiger partial charge is 0.495 e. The number of amides is 2. The molecule has 1 saturated carbocycles. The highest BCUT2D eigenvalue weighted by molar-refractivity contribution is 6.31. The number of carbonyl (C=O) groups excluding carboxylic acids is 2. The van der Waals surface area contributed by atoms with Gasteiger partial charge in [0.2, 0.25) is 11.8 Å². The molecule has 2 aromatic rings. The molecule has 5 nitrogen and oxygen atoms in total. The monoisotopic (exact) mass is 384 g/mol. The second kappa shape index (κ2) is 6.89. The summed E-state index contributed by atoms with van der Waals surface area (Å²) in [6.45, 7) is 2.55. The summed E-state index contributed by atoms with van der Waals surface area (Å²) in [6.07, 6.45) is 1.45. The van der Waals surface area contributed by atoms with Gasteiger partial charge >= 0.3 is 0 Å². The third-order valence-electron chi connectivity index (χ3n) is 5.34. The number of rotatable bonds is 4. The molecule has 2 atom stereocenters. The van der Waals surface area contributed by atoms with Crippen LogP contribution in [0.1, 0.15) is 17.5 Å². The predicted octanol–water partition coefficient (Wildman–Crippen LogP) is 3.82. The molecule has 2 unspecified atom stereocenters. The van der Waals surface area contributed by atoms with Gasteiger partial charge < -0.3 is 15.0 Å². The highest BCUT2D eigenvalue weighted by Crippen LogP contribution is 2.43. The molecule has 0 bridgehead atoms. The average Bonchev–Trinajstić information content (AvgIpc) is 3.36. The van der Waals surface area contributed by atoms with Crippen molar-refractivity contribution in [1.82, 2.24) is 0 Å². The van der Waals surface area contributed by atoms with Crippen LogP contribution in [0.2, 0.25) is 5.02 Å². The van der Waals surface area contributed by atoms with Gasteiger partial charge in [-0.2, -0.15) is 0 Å². The van der Waals surface area contributed by atoms with Crippen LogP contribution < -0.4 is 15.0 Å². The summed E-state index contributed by atoms with van der Waals surface area (Å²) in [5.41, 5.74) is 3.59. The molecule has 0 spiro atoms. The van der Waals surface area contributed by atoms with Gasteiger partial charge in [0.15, 0.2) is 0 Å². The van der Waals surface area contributed by atoms with Crippen molar-refractivity contribution in [2.45, 2.75) is 19.8 Å². The lowest BCUT2D eigenvalue weighted by molar-refractivity contribution is -0.123. The minimum atomic E-state index is -0.300. The Hall–Kier alpha value is -2.53. The average molecular weight is 385 g/mol. The fourth-order valence-electron chi connectivity index (χ4n) is 3.68. The smallest absolute Gasteiger partial charge is 0.230 e. The van der Waals surface area contributed by atoms with Gasteiger partial charge in [-0.25, -0.2) is 0 Å². The Bertz CT molecular complexity index is 928. The first-order valence-corrected chi connectivity index (χ1v) is 9.41. The van der Waals surface area contributed by atoms with Crippen LogP contribution in [-0.4, -0.2) is 25.5 Å². The molecule has 2 amide bonds. The Labute approximate surface area is 163 Å². The van der Waals surface area contributed by atoms with E-state index in [9.17, 15) is 9.59 Å². The zero-order valence-corrected chi connectivity index (χ0v) is 16.0. The lowest BCUT2D eigenvalue weighted by Crippen LogP contribution is -2.32. The molecule has 1 aliphatic carbocycles. The van der Waals surface area contributed by atoms with E-state index in [1.54, 1.807) is 12.1 Å². The third kappa shape index (κ3) is 3.28. The van der Waals surface area contributed by atoms with Gasteiger partial charge in [0.25, 0.3) is 0 Å². The van der Waals surface area contributed by atoms with Crippen molar-refractivity contribution < 1.29 is 14.3 Å². The fourth-order valence-corrected chi connectivity index (χ4v) is 3.83. The highest BCUT2D eigenvalue weighted by atomic mass is 35.5. The zero-order valence-electron chi connectivity index (χ0n) is 15.3. The van der Waals surface area contributed by atoms with Gasteiger partial charge in [-0.1, -0.05) is 29.8 Å². The SMILES string of the molecule is COc1cc(Cl)c(C)cc1NC(=O)C1CC1C(=O)N1CCc2ccccc21. The van der Waals surface area contributed by atoms with E-state index in [-0.39, 0.29) is 23.7 Å². The maximum Gasteiger partial charge on any atom is 0.230 e. The maximum absolute atomic E-state index is 12.9. The van der Waals surface area contributed by atoms with E-state index in [1.165, 1.54) is 12.7 Å². The standard InChI is InChI=1S/C21H21ClN2O3/c1-12-9-17(19(27-2)11-16(12)22)23-20(25)14-10-15(14)21(26)24-8-7-13-5-3-4-6-18(13)24/h3-6,9,11,14-15H,7-8,10H2,1-2H3,(H,23,25). The molecule has 2 aromatic carbocycles. The number of fused-ring (bicyclic) bond motifs is 1. The van der Waals surface area contributed by atoms with E-state index < -0.39 is 0 Å². The summed E-state index contributed by atoms with van der Waals surface area (Å²) in [5, 5.41) is 3.47. The first-order valence-electron chi connectivity index (χ1n) is 9.04. The Morgan fingerprint density at radius 2 is 2.00 bits per heavy atom. The minimum absolute atomic E-state index is 0.0411. The summed E-state index contributed by atoms with van der Waals surface area (Å²) in [6, 6.07) is 11.4. The van der Waals surface area contributed by atoms with Crippen LogP contribution in [0.5, 0.6) is 5.75 Å². The Morgan fingerprint density at radius 3 is 2.78 bits per heavy atom. The second-order valence-electron chi connectivity index (χ2n) is 7.11. The van der Waals surface area contributed by atoms with Crippen molar-refractivity contribution in [3.05, 3.63) is 52.5 Å². The van der Waals surface area contributed by atoms with E-state index in [1.807, 2.05) is 30.0 Å². The number of aryl methyl sites for hydroxylation is 1. The topological polar surface area (TPSA) is 58.6 Å². The van der Waals surface area contributed by atoms with Gasteiger partial charge in [-0.15, -0.1) is 0 Å². The molecule has 4 rings (SSSR count). The number of methoxy groups -OCH3 is 1. The first kappa shape index (κ1) is 17.9. The Morgan fingerprint density at radius 1 is 1.22 bits per heavy atom. The number of hydrogen-bond acceptors (Lipinski definition) is 3. The number of hydrogen-bond donors (Lipinski definition) is 1. The van der Waals surface area contributed by atoms with E-state index >= 15 is 0 Å². The Kier molecular flexibility index (Phi) is 4.56. The van der Waals surface area contributed by atoms with Crippen molar-refractivity contribution in [1.29, 1.82) is 0 Å². The number of carbonyl (C=O) groups is 2. The first-order chi connectivity index (χ1) is 13.0. The van der Waals surface area contributed by atoms with Crippen molar-refractivity contribution in [2.24, 2.45) is 11.8 Å². The summed E-state index contributed by atoms with van der Waals surface area (Å²) < 4.78 is 5.30. The molecule has 1 aliphatic heterocycles. The summed E-state index contributed by atoms with van der Waals surface area (Å²) in [7, 11) is 1.53. The number of ether oxygens (including phenoxy) is 1. The molecular formula is C21H21ClN2O3. The van der Waals surface area contributed by atoms with Gasteiger partial charge in [0.05, 0.1) is 24.6 Å². The van der Waals surface area contributed by atoms with E-state index in [2.05, 4.69) is 11.4 Å². The van der Waals surface area contributed by atoms with Crippen LogP contribution in [0.4, 0.5) is 11.4 Å². The number of para-hydroxylation sites is 1. The lowest BCUT2D eigenvalue weighted by Gasteiger charge is -2.17. The molecule has 1 heterocycles. The molecule has 1 fully saturated rings. The number of benzene rings is 2. The number of nitrogens with zero attached hydrogens (tertiary/aromatic N) is 1. The molecule has 2 aliphatic rings. The van der Waals surface area contributed by atoms with Crippen LogP contribution in [-0.2, 0) is 16.0 Å². The van der Waals surface area contributed by atoms with Gasteiger partial charge in [-0.3, -0.25) is 9.59 Å². The molecular weight excluding hydrogens is 364 g/mol. The fraction of sp³-hybridized carbons (Fsp3) is 0.333. The van der Waals surface area contributed by atoms with Crippen molar-refractivity contribution in [2.75, 3.05) is 23.9 Å². The van der Waals surface area contributed by atoms with Gasteiger partial charge in [0, 0.05) is 23.3 Å². The van der Waals surface area contributed by atoms with Crippen LogP contribution in [0.25, 0.3) is 0 Å². The zero-order chi connectivity index (χ0) is 19.1. The highest BCUT2D eigenvalue weighted by Gasteiger charge is 2.50. The van der Waals surface area contributed by atoms with Crippen LogP contribution in [0.15, 0.2) is 36.4 Å². The molecule has 27 heavy (non-hydrogen) atoms.